The maximum atomic E-state index is 11.4. The van der Waals surface area contributed by atoms with Crippen molar-refractivity contribution in [2.24, 2.45) is 0 Å². The molecule has 0 radical (unpaired) electrons. The first kappa shape index (κ1) is 10.1. The van der Waals surface area contributed by atoms with E-state index in [4.69, 9.17) is 0 Å². The predicted molar refractivity (Wildman–Crippen MR) is 62.1 cm³/mol. The molecule has 0 saturated carbocycles. The first-order valence-electron chi connectivity index (χ1n) is 5.46. The van der Waals surface area contributed by atoms with Crippen molar-refractivity contribution in [2.45, 2.75) is 6.42 Å². The molecule has 3 heterocycles. The van der Waals surface area contributed by atoms with E-state index in [1.54, 1.807) is 6.07 Å². The second-order valence-corrected chi connectivity index (χ2v) is 3.97. The zero-order valence-electron chi connectivity index (χ0n) is 9.43. The molecule has 0 atom stereocenters. The number of anilines is 1. The number of fused-ring (bicyclic) bond motifs is 1. The topological polar surface area (TPSA) is 71.1 Å². The summed E-state index contributed by atoms with van der Waals surface area (Å²) in [5.74, 6) is 0.491. The van der Waals surface area contributed by atoms with E-state index < -0.39 is 5.97 Å². The Balaban J connectivity index is 2.11. The predicted octanol–water partition coefficient (Wildman–Crippen LogP) is 0.955. The molecule has 1 saturated heterocycles. The van der Waals surface area contributed by atoms with Crippen molar-refractivity contribution in [2.75, 3.05) is 25.1 Å². The van der Waals surface area contributed by atoms with Gasteiger partial charge in [0.25, 0.3) is 0 Å². The highest BCUT2D eigenvalue weighted by molar-refractivity contribution is 5.97. The highest BCUT2D eigenvalue weighted by atomic mass is 16.5. The quantitative estimate of drug-likeness (QED) is 0.781. The van der Waals surface area contributed by atoms with E-state index in [1.165, 1.54) is 19.9 Å². The van der Waals surface area contributed by atoms with E-state index in [0.717, 1.165) is 24.3 Å². The van der Waals surface area contributed by atoms with Crippen LogP contribution < -0.4 is 4.90 Å². The second-order valence-electron chi connectivity index (χ2n) is 3.97. The number of methoxy groups -OCH3 is 1. The second kappa shape index (κ2) is 3.73. The molecule has 1 fully saturated rings. The molecule has 0 amide bonds. The van der Waals surface area contributed by atoms with Gasteiger partial charge in [-0.1, -0.05) is 0 Å². The van der Waals surface area contributed by atoms with Crippen LogP contribution in [0.15, 0.2) is 12.4 Å². The van der Waals surface area contributed by atoms with Gasteiger partial charge in [-0.05, 0) is 12.5 Å². The standard InChI is InChI=1S/C11H12N4O2/c1-17-11(16)8-5-7-9(14-8)12-6-13-10(7)15-3-2-4-15/h5-6H,2-4H2,1H3,(H,12,13,14). The van der Waals surface area contributed by atoms with Crippen LogP contribution in [0.25, 0.3) is 11.0 Å². The summed E-state index contributed by atoms with van der Waals surface area (Å²) in [4.78, 5) is 24.9. The Morgan fingerprint density at radius 2 is 2.29 bits per heavy atom. The minimum absolute atomic E-state index is 0.391. The Bertz CT molecular complexity index is 574. The third kappa shape index (κ3) is 1.52. The van der Waals surface area contributed by atoms with Crippen molar-refractivity contribution in [3.8, 4) is 0 Å². The van der Waals surface area contributed by atoms with E-state index in [0.29, 0.717) is 11.3 Å². The Kier molecular flexibility index (Phi) is 2.21. The molecule has 1 aliphatic heterocycles. The van der Waals surface area contributed by atoms with Gasteiger partial charge in [0, 0.05) is 13.1 Å². The normalized spacial score (nSPS) is 14.8. The summed E-state index contributed by atoms with van der Waals surface area (Å²) in [7, 11) is 1.36. The van der Waals surface area contributed by atoms with Crippen molar-refractivity contribution < 1.29 is 9.53 Å². The summed E-state index contributed by atoms with van der Waals surface area (Å²) in [6, 6.07) is 1.74. The first-order valence-corrected chi connectivity index (χ1v) is 5.46. The number of hydrogen-bond donors (Lipinski definition) is 1. The van der Waals surface area contributed by atoms with Crippen molar-refractivity contribution in [1.82, 2.24) is 15.0 Å². The van der Waals surface area contributed by atoms with Crippen LogP contribution in [-0.4, -0.2) is 41.1 Å². The van der Waals surface area contributed by atoms with Crippen LogP contribution >= 0.6 is 0 Å². The van der Waals surface area contributed by atoms with Gasteiger partial charge in [0.05, 0.1) is 12.5 Å². The summed E-state index contributed by atoms with van der Waals surface area (Å²) in [5, 5.41) is 0.868. The Morgan fingerprint density at radius 1 is 1.47 bits per heavy atom. The smallest absolute Gasteiger partial charge is 0.354 e. The molecule has 0 unspecified atom stereocenters. The molecule has 3 rings (SSSR count). The van der Waals surface area contributed by atoms with Crippen LogP contribution in [0.3, 0.4) is 0 Å². The molecule has 1 aliphatic rings. The average molecular weight is 232 g/mol. The number of nitrogens with zero attached hydrogens (tertiary/aromatic N) is 3. The van der Waals surface area contributed by atoms with E-state index >= 15 is 0 Å². The monoisotopic (exact) mass is 232 g/mol. The van der Waals surface area contributed by atoms with Gasteiger partial charge >= 0.3 is 5.97 Å². The minimum atomic E-state index is -0.391. The zero-order valence-corrected chi connectivity index (χ0v) is 9.43. The summed E-state index contributed by atoms with van der Waals surface area (Å²) >= 11 is 0. The van der Waals surface area contributed by atoms with Gasteiger partial charge in [0.1, 0.15) is 23.5 Å². The van der Waals surface area contributed by atoms with Crippen LogP contribution in [0.1, 0.15) is 16.9 Å². The molecular formula is C11H12N4O2. The summed E-state index contributed by atoms with van der Waals surface area (Å²) in [6.07, 6.45) is 2.69. The number of rotatable bonds is 2. The van der Waals surface area contributed by atoms with Crippen molar-refractivity contribution in [3.63, 3.8) is 0 Å². The number of hydrogen-bond acceptors (Lipinski definition) is 5. The van der Waals surface area contributed by atoms with Gasteiger partial charge in [-0.25, -0.2) is 14.8 Å². The fourth-order valence-electron chi connectivity index (χ4n) is 1.93. The van der Waals surface area contributed by atoms with E-state index in [1.807, 2.05) is 0 Å². The fraction of sp³-hybridized carbons (Fsp3) is 0.364. The summed E-state index contributed by atoms with van der Waals surface area (Å²) in [6.45, 7) is 2.01. The van der Waals surface area contributed by atoms with Crippen LogP contribution in [0, 0.1) is 0 Å². The van der Waals surface area contributed by atoms with Crippen LogP contribution in [0.2, 0.25) is 0 Å². The average Bonchev–Trinajstić information content (AvgIpc) is 2.70. The van der Waals surface area contributed by atoms with E-state index in [-0.39, 0.29) is 0 Å². The molecular weight excluding hydrogens is 220 g/mol. The number of carbonyl (C=O) groups is 1. The molecule has 2 aromatic heterocycles. The summed E-state index contributed by atoms with van der Waals surface area (Å²) in [5.41, 5.74) is 1.08. The molecule has 0 aromatic carbocycles. The largest absolute Gasteiger partial charge is 0.464 e. The Hall–Kier alpha value is -2.11. The van der Waals surface area contributed by atoms with Gasteiger partial charge in [-0.15, -0.1) is 0 Å². The Morgan fingerprint density at radius 3 is 2.94 bits per heavy atom. The lowest BCUT2D eigenvalue weighted by Crippen LogP contribution is -2.37. The molecule has 1 N–H and O–H groups in total. The number of esters is 1. The molecule has 0 spiro atoms. The van der Waals surface area contributed by atoms with E-state index in [2.05, 4.69) is 24.6 Å². The number of carbonyl (C=O) groups excluding carboxylic acids is 1. The third-order valence-electron chi connectivity index (χ3n) is 2.97. The lowest BCUT2D eigenvalue weighted by atomic mass is 10.2. The maximum Gasteiger partial charge on any atom is 0.354 e. The first-order chi connectivity index (χ1) is 8.29. The molecule has 2 aromatic rings. The molecule has 17 heavy (non-hydrogen) atoms. The number of ether oxygens (including phenoxy) is 1. The highest BCUT2D eigenvalue weighted by Gasteiger charge is 2.20. The molecule has 6 nitrogen and oxygen atoms in total. The number of aromatic amines is 1. The summed E-state index contributed by atoms with van der Waals surface area (Å²) < 4.78 is 4.67. The van der Waals surface area contributed by atoms with Crippen LogP contribution in [-0.2, 0) is 4.74 Å². The van der Waals surface area contributed by atoms with E-state index in [9.17, 15) is 4.79 Å². The van der Waals surface area contributed by atoms with Gasteiger partial charge in [-0.3, -0.25) is 0 Å². The number of nitrogens with one attached hydrogen (secondary N) is 1. The van der Waals surface area contributed by atoms with Crippen LogP contribution in [0.5, 0.6) is 0 Å². The highest BCUT2D eigenvalue weighted by Crippen LogP contribution is 2.27. The molecule has 0 aliphatic carbocycles. The lowest BCUT2D eigenvalue weighted by Gasteiger charge is -2.32. The van der Waals surface area contributed by atoms with Gasteiger partial charge in [0.15, 0.2) is 0 Å². The van der Waals surface area contributed by atoms with Crippen molar-refractivity contribution >= 4 is 22.8 Å². The van der Waals surface area contributed by atoms with Crippen molar-refractivity contribution in [3.05, 3.63) is 18.1 Å². The fourth-order valence-corrected chi connectivity index (χ4v) is 1.93. The number of H-pyrrole nitrogens is 1. The van der Waals surface area contributed by atoms with Gasteiger partial charge in [0.2, 0.25) is 0 Å². The Labute approximate surface area is 97.6 Å². The minimum Gasteiger partial charge on any atom is -0.464 e. The number of aromatic nitrogens is 3. The van der Waals surface area contributed by atoms with Gasteiger partial charge in [-0.2, -0.15) is 0 Å². The molecule has 6 heteroatoms. The molecule has 88 valence electrons. The van der Waals surface area contributed by atoms with Crippen molar-refractivity contribution in [1.29, 1.82) is 0 Å². The zero-order chi connectivity index (χ0) is 11.8. The van der Waals surface area contributed by atoms with Crippen LogP contribution in [0.4, 0.5) is 5.82 Å². The SMILES string of the molecule is COC(=O)c1cc2c(N3CCC3)ncnc2[nH]1. The third-order valence-corrected chi connectivity index (χ3v) is 2.97. The maximum absolute atomic E-state index is 11.4. The lowest BCUT2D eigenvalue weighted by molar-refractivity contribution is 0.0595. The molecule has 0 bridgehead atoms. The van der Waals surface area contributed by atoms with Gasteiger partial charge < -0.3 is 14.6 Å².